The molecule has 0 radical (unpaired) electrons. The smallest absolute Gasteiger partial charge is 0.159 e. The van der Waals surface area contributed by atoms with E-state index in [1.54, 1.807) is 0 Å². The molecule has 5 heteroatoms. The third-order valence-electron chi connectivity index (χ3n) is 13.5. The number of fused-ring (bicyclic) bond motifs is 8. The Balaban J connectivity index is 1.01. The number of nitrogens with zero attached hydrogens (tertiary/aromatic N) is 4. The van der Waals surface area contributed by atoms with Gasteiger partial charge in [-0.3, -0.25) is 0 Å². The van der Waals surface area contributed by atoms with Crippen LogP contribution in [0.5, 0.6) is 0 Å². The quantitative estimate of drug-likeness (QED) is 0.194. The Morgan fingerprint density at radius 1 is 0.741 bits per heavy atom. The zero-order chi connectivity index (χ0) is 38.2. The number of nitrogens with one attached hydrogen (secondary N) is 1. The molecule has 0 fully saturated rings. The van der Waals surface area contributed by atoms with Crippen LogP contribution in [0.25, 0.3) is 22.2 Å². The van der Waals surface area contributed by atoms with Gasteiger partial charge in [0.25, 0.3) is 0 Å². The first-order valence-corrected chi connectivity index (χ1v) is 21.2. The molecule has 3 heterocycles. The molecule has 12 rings (SSSR count). The molecule has 0 spiro atoms. The maximum atomic E-state index is 5.34. The molecule has 5 atom stereocenters. The molecule has 0 saturated carbocycles. The molecule has 5 nitrogen and oxygen atoms in total. The first-order chi connectivity index (χ1) is 28.8. The van der Waals surface area contributed by atoms with Crippen molar-refractivity contribution < 1.29 is 0 Å². The molecule has 1 N–H and O–H groups in total. The van der Waals surface area contributed by atoms with Crippen LogP contribution in [0.1, 0.15) is 54.0 Å². The minimum atomic E-state index is -0.134. The molecule has 7 aliphatic rings. The van der Waals surface area contributed by atoms with E-state index < -0.39 is 0 Å². The first-order valence-electron chi connectivity index (χ1n) is 21.2. The number of benzene rings is 4. The molecule has 2 aliphatic heterocycles. The van der Waals surface area contributed by atoms with Gasteiger partial charge in [0.05, 0.1) is 17.4 Å². The maximum absolute atomic E-state index is 5.34. The van der Waals surface area contributed by atoms with E-state index in [1.807, 2.05) is 0 Å². The molecule has 0 amide bonds. The highest BCUT2D eigenvalue weighted by Crippen LogP contribution is 2.54. The predicted octanol–water partition coefficient (Wildman–Crippen LogP) is 11.3. The Morgan fingerprint density at radius 2 is 1.57 bits per heavy atom. The second-order valence-corrected chi connectivity index (χ2v) is 16.7. The molecule has 58 heavy (non-hydrogen) atoms. The highest BCUT2D eigenvalue weighted by atomic mass is 15.2. The van der Waals surface area contributed by atoms with E-state index in [0.717, 1.165) is 61.3 Å². The van der Waals surface area contributed by atoms with Crippen LogP contribution in [-0.4, -0.2) is 22.4 Å². The van der Waals surface area contributed by atoms with Gasteiger partial charge in [0, 0.05) is 57.2 Å². The van der Waals surface area contributed by atoms with Crippen molar-refractivity contribution in [1.82, 2.24) is 9.88 Å². The van der Waals surface area contributed by atoms with Gasteiger partial charge in [0.2, 0.25) is 0 Å². The number of rotatable bonds is 5. The van der Waals surface area contributed by atoms with Gasteiger partial charge in [-0.2, -0.15) is 0 Å². The van der Waals surface area contributed by atoms with Gasteiger partial charge in [0.15, 0.2) is 5.84 Å². The fourth-order valence-corrected chi connectivity index (χ4v) is 10.8. The number of aromatic nitrogens is 1. The number of hydrogen-bond acceptors (Lipinski definition) is 4. The average Bonchev–Trinajstić information content (AvgIpc) is 3.80. The van der Waals surface area contributed by atoms with Gasteiger partial charge in [-0.15, -0.1) is 0 Å². The molecular weight excluding hydrogens is 707 g/mol. The van der Waals surface area contributed by atoms with Crippen LogP contribution in [0, 0.1) is 17.8 Å². The van der Waals surface area contributed by atoms with Crippen LogP contribution in [0.2, 0.25) is 0 Å². The zero-order valence-corrected chi connectivity index (χ0v) is 32.5. The van der Waals surface area contributed by atoms with Gasteiger partial charge < -0.3 is 14.8 Å². The third-order valence-corrected chi connectivity index (χ3v) is 13.5. The summed E-state index contributed by atoms with van der Waals surface area (Å²) < 4.78 is 2.68. The van der Waals surface area contributed by atoms with Gasteiger partial charge in [-0.05, 0) is 84.6 Å². The Kier molecular flexibility index (Phi) is 7.89. The van der Waals surface area contributed by atoms with Crippen LogP contribution in [-0.2, 0) is 12.8 Å². The SMILES string of the molecule is C1=CCC2CC3C(=CC2=C1)N(c1ccccc1C1=NC(c2ccccc2)=NC(C2C=CC=CC2)N1)C1=C3C=CC(n2c3c(c4ccccc42)CCc2ccccc2-3)C1. The molecule has 1 aromatic heterocycles. The van der Waals surface area contributed by atoms with Gasteiger partial charge >= 0.3 is 0 Å². The summed E-state index contributed by atoms with van der Waals surface area (Å²) >= 11 is 0. The first kappa shape index (κ1) is 33.7. The van der Waals surface area contributed by atoms with E-state index in [4.69, 9.17) is 9.98 Å². The van der Waals surface area contributed by atoms with E-state index in [0.29, 0.717) is 11.8 Å². The predicted molar refractivity (Wildman–Crippen MR) is 238 cm³/mol. The molecular formula is C53H45N5. The van der Waals surface area contributed by atoms with Crippen molar-refractivity contribution in [3.05, 3.63) is 209 Å². The number of anilines is 1. The Labute approximate surface area is 340 Å². The van der Waals surface area contributed by atoms with E-state index in [-0.39, 0.29) is 18.1 Å². The maximum Gasteiger partial charge on any atom is 0.159 e. The minimum Gasteiger partial charge on any atom is -0.347 e. The molecule has 4 aromatic carbocycles. The zero-order valence-electron chi connectivity index (χ0n) is 32.5. The fourth-order valence-electron chi connectivity index (χ4n) is 10.8. The average molecular weight is 752 g/mol. The molecule has 5 aromatic rings. The van der Waals surface area contributed by atoms with E-state index >= 15 is 0 Å². The van der Waals surface area contributed by atoms with Crippen LogP contribution in [0.15, 0.2) is 196 Å². The highest BCUT2D eigenvalue weighted by Gasteiger charge is 2.44. The standard InChI is InChI=1S/C53H45N5/c1-3-16-35(17-4-1)51-54-52(36-18-5-2-6-19-36)56-53(55-51)44-24-12-14-26-47(44)58-48-32-38-21-8-7-20-37(38)31-45(48)42-30-28-39(33-49(42)58)57-46-25-13-11-23-41(46)43-29-27-34-15-9-10-22-40(34)50(43)57/h1-18,21-26,28,30,32,36-37,39,45,52H,19-20,27,29,31,33H2,(H,54,55,56). The number of para-hydroxylation sites is 2. The van der Waals surface area contributed by atoms with Crippen molar-refractivity contribution >= 4 is 28.3 Å². The van der Waals surface area contributed by atoms with Gasteiger partial charge in [-0.1, -0.05) is 140 Å². The summed E-state index contributed by atoms with van der Waals surface area (Å²) in [6, 6.07) is 37.8. The summed E-state index contributed by atoms with van der Waals surface area (Å²) in [5, 5.41) is 5.26. The van der Waals surface area contributed by atoms with Crippen molar-refractivity contribution in [3.8, 4) is 11.3 Å². The third kappa shape index (κ3) is 5.36. The van der Waals surface area contributed by atoms with Crippen LogP contribution in [0.3, 0.4) is 0 Å². The monoisotopic (exact) mass is 751 g/mol. The number of aryl methyl sites for hydroxylation is 2. The summed E-state index contributed by atoms with van der Waals surface area (Å²) in [6.07, 6.45) is 29.4. The summed E-state index contributed by atoms with van der Waals surface area (Å²) in [7, 11) is 0. The second-order valence-electron chi connectivity index (χ2n) is 16.7. The Morgan fingerprint density at radius 3 is 2.48 bits per heavy atom. The lowest BCUT2D eigenvalue weighted by molar-refractivity contribution is 0.475. The molecule has 5 unspecified atom stereocenters. The summed E-state index contributed by atoms with van der Waals surface area (Å²) in [5.41, 5.74) is 16.1. The van der Waals surface area contributed by atoms with Gasteiger partial charge in [-0.25, -0.2) is 9.98 Å². The van der Waals surface area contributed by atoms with Crippen LogP contribution < -0.4 is 10.2 Å². The second kappa shape index (κ2) is 13.6. The topological polar surface area (TPSA) is 44.9 Å². The fraction of sp³-hybridized carbons (Fsp3) is 0.208. The van der Waals surface area contributed by atoms with E-state index in [9.17, 15) is 0 Å². The Bertz CT molecular complexity index is 2800. The van der Waals surface area contributed by atoms with Crippen molar-refractivity contribution in [1.29, 1.82) is 0 Å². The van der Waals surface area contributed by atoms with Crippen LogP contribution >= 0.6 is 0 Å². The molecule has 0 saturated heterocycles. The number of aliphatic imine (C=N–C) groups is 2. The largest absolute Gasteiger partial charge is 0.347 e. The number of hydrogen-bond donors (Lipinski definition) is 1. The summed E-state index contributed by atoms with van der Waals surface area (Å²) in [5.74, 6) is 2.76. The Hall–Kier alpha value is -6.46. The number of allylic oxidation sites excluding steroid dienone is 12. The molecule has 5 aliphatic carbocycles. The van der Waals surface area contributed by atoms with E-state index in [2.05, 4.69) is 179 Å². The van der Waals surface area contributed by atoms with Crippen molar-refractivity contribution in [3.63, 3.8) is 0 Å². The van der Waals surface area contributed by atoms with Crippen molar-refractivity contribution in [2.24, 2.45) is 27.7 Å². The van der Waals surface area contributed by atoms with Gasteiger partial charge in [0.1, 0.15) is 12.0 Å². The van der Waals surface area contributed by atoms with Crippen LogP contribution in [0.4, 0.5) is 5.69 Å². The summed E-state index contributed by atoms with van der Waals surface area (Å²) in [6.45, 7) is 0. The normalized spacial score (nSPS) is 25.2. The lowest BCUT2D eigenvalue weighted by Gasteiger charge is -2.35. The molecule has 0 bridgehead atoms. The molecule has 282 valence electrons. The van der Waals surface area contributed by atoms with E-state index in [1.165, 1.54) is 61.5 Å². The lowest BCUT2D eigenvalue weighted by atomic mass is 9.75. The minimum absolute atomic E-state index is 0.134. The van der Waals surface area contributed by atoms with Crippen molar-refractivity contribution in [2.45, 2.75) is 50.7 Å². The highest BCUT2D eigenvalue weighted by molar-refractivity contribution is 6.15. The summed E-state index contributed by atoms with van der Waals surface area (Å²) in [4.78, 5) is 13.2. The van der Waals surface area contributed by atoms with Crippen molar-refractivity contribution in [2.75, 3.05) is 4.90 Å². The number of amidine groups is 2. The lowest BCUT2D eigenvalue weighted by Crippen LogP contribution is -2.43.